The molecule has 0 saturated carbocycles. The van der Waals surface area contributed by atoms with Gasteiger partial charge in [-0.1, -0.05) is 0 Å². The molecule has 0 aromatic rings. The fourth-order valence-corrected chi connectivity index (χ4v) is 0.475. The van der Waals surface area contributed by atoms with E-state index in [1.807, 2.05) is 0 Å². The summed E-state index contributed by atoms with van der Waals surface area (Å²) in [7, 11) is -0.848. The van der Waals surface area contributed by atoms with Crippen molar-refractivity contribution in [2.45, 2.75) is 0 Å². The maximum absolute atomic E-state index is 8.87. The molecule has 6 heteroatoms. The molecular weight excluding hydrogens is 135 g/mol. The summed E-state index contributed by atoms with van der Waals surface area (Å²) in [4.78, 5) is 0. The molecule has 0 aliphatic rings. The average Bonchev–Trinajstić information content (AvgIpc) is 1.97. The highest BCUT2D eigenvalue weighted by molar-refractivity contribution is 6.44. The van der Waals surface area contributed by atoms with Gasteiger partial charge in [0.05, 0.1) is 13.2 Å². The highest BCUT2D eigenvalue weighted by Gasteiger charge is 2.07. The lowest BCUT2D eigenvalue weighted by Crippen LogP contribution is -2.49. The van der Waals surface area contributed by atoms with Crippen molar-refractivity contribution in [2.75, 3.05) is 26.3 Å². The molecule has 5 N–H and O–H groups in total. The molecule has 0 bridgehead atoms. The lowest BCUT2D eigenvalue weighted by atomic mass is 10.0. The van der Waals surface area contributed by atoms with Crippen molar-refractivity contribution in [3.63, 3.8) is 0 Å². The second-order valence-electron chi connectivity index (χ2n) is 1.76. The van der Waals surface area contributed by atoms with Crippen molar-refractivity contribution in [2.24, 2.45) is 0 Å². The zero-order valence-corrected chi connectivity index (χ0v) is 5.75. The number of rotatable bonds is 6. The zero-order valence-electron chi connectivity index (χ0n) is 5.75. The van der Waals surface area contributed by atoms with Crippen LogP contribution in [0.15, 0.2) is 0 Å². The van der Waals surface area contributed by atoms with Gasteiger partial charge in [-0.3, -0.25) is 0 Å². The van der Waals surface area contributed by atoms with Crippen LogP contribution < -0.4 is 10.5 Å². The van der Waals surface area contributed by atoms with Gasteiger partial charge in [0.25, 0.3) is 0 Å². The fraction of sp³-hybridized carbons (Fsp3) is 1.00. The van der Waals surface area contributed by atoms with E-state index in [4.69, 9.17) is 15.2 Å². The maximum atomic E-state index is 8.87. The first-order valence-corrected chi connectivity index (χ1v) is 3.18. The van der Waals surface area contributed by atoms with Crippen molar-refractivity contribution in [3.05, 3.63) is 0 Å². The van der Waals surface area contributed by atoms with Gasteiger partial charge in [0, 0.05) is 13.1 Å². The van der Waals surface area contributed by atoms with Crippen LogP contribution in [-0.2, 0) is 0 Å². The van der Waals surface area contributed by atoms with E-state index in [2.05, 4.69) is 10.5 Å². The lowest BCUT2D eigenvalue weighted by molar-refractivity contribution is 0.291. The third-order valence-corrected chi connectivity index (χ3v) is 0.899. The Morgan fingerprint density at radius 3 is 1.70 bits per heavy atom. The van der Waals surface area contributed by atoms with Gasteiger partial charge in [-0.15, -0.1) is 0 Å². The first-order chi connectivity index (χ1) is 4.81. The molecule has 0 aliphatic heterocycles. The summed E-state index contributed by atoms with van der Waals surface area (Å²) < 4.78 is 0. The Kier molecular flexibility index (Phi) is 6.88. The summed E-state index contributed by atoms with van der Waals surface area (Å²) in [5, 5.41) is 30.5. The number of aliphatic hydroxyl groups is 2. The summed E-state index contributed by atoms with van der Waals surface area (Å²) >= 11 is 0. The summed E-state index contributed by atoms with van der Waals surface area (Å²) in [5.74, 6) is 0. The van der Waals surface area contributed by atoms with Crippen LogP contribution in [0.5, 0.6) is 0 Å². The van der Waals surface area contributed by atoms with Crippen LogP contribution in [0.4, 0.5) is 0 Å². The fourth-order valence-electron chi connectivity index (χ4n) is 0.475. The standard InChI is InChI=1S/C4H13BN2O3/c8-3-1-6-5(10)7-2-4-9/h6-10H,1-4H2. The van der Waals surface area contributed by atoms with Gasteiger partial charge < -0.3 is 25.7 Å². The van der Waals surface area contributed by atoms with E-state index in [-0.39, 0.29) is 13.2 Å². The van der Waals surface area contributed by atoms with Crippen molar-refractivity contribution in [1.82, 2.24) is 10.5 Å². The minimum absolute atomic E-state index is 0.0160. The Hall–Kier alpha value is -0.135. The Morgan fingerprint density at radius 1 is 1.00 bits per heavy atom. The normalized spacial score (nSPS) is 9.90. The molecule has 0 aromatic heterocycles. The van der Waals surface area contributed by atoms with E-state index in [1.165, 1.54) is 0 Å². The molecule has 0 unspecified atom stereocenters. The van der Waals surface area contributed by atoms with E-state index < -0.39 is 7.19 Å². The molecule has 0 saturated heterocycles. The predicted octanol–water partition coefficient (Wildman–Crippen LogP) is -2.87. The Morgan fingerprint density at radius 2 is 1.40 bits per heavy atom. The summed E-state index contributed by atoms with van der Waals surface area (Å²) in [6.45, 7) is 0.634. The van der Waals surface area contributed by atoms with Gasteiger partial charge in [-0.25, -0.2) is 0 Å². The van der Waals surface area contributed by atoms with Crippen LogP contribution in [0.25, 0.3) is 0 Å². The van der Waals surface area contributed by atoms with E-state index in [1.54, 1.807) is 0 Å². The van der Waals surface area contributed by atoms with E-state index >= 15 is 0 Å². The van der Waals surface area contributed by atoms with E-state index in [0.717, 1.165) is 0 Å². The number of aliphatic hydroxyl groups excluding tert-OH is 2. The molecule has 0 amide bonds. The molecule has 0 atom stereocenters. The minimum atomic E-state index is -0.848. The van der Waals surface area contributed by atoms with Crippen molar-refractivity contribution >= 4 is 7.19 Å². The third-order valence-electron chi connectivity index (χ3n) is 0.899. The quantitative estimate of drug-likeness (QED) is 0.261. The average molecular weight is 148 g/mol. The smallest absolute Gasteiger partial charge is 0.424 e. The zero-order chi connectivity index (χ0) is 7.82. The van der Waals surface area contributed by atoms with Gasteiger partial charge in [0.1, 0.15) is 0 Å². The molecule has 0 spiro atoms. The molecule has 0 fully saturated rings. The summed E-state index contributed by atoms with van der Waals surface area (Å²) in [5.41, 5.74) is 0. The molecular formula is C4H13BN2O3. The van der Waals surface area contributed by atoms with Crippen LogP contribution in [0.3, 0.4) is 0 Å². The van der Waals surface area contributed by atoms with Crippen LogP contribution in [0.1, 0.15) is 0 Å². The van der Waals surface area contributed by atoms with Crippen molar-refractivity contribution in [1.29, 1.82) is 0 Å². The summed E-state index contributed by atoms with van der Waals surface area (Å²) in [6, 6.07) is 0. The second kappa shape index (κ2) is 6.98. The highest BCUT2D eigenvalue weighted by Crippen LogP contribution is 1.62. The molecule has 60 valence electrons. The molecule has 10 heavy (non-hydrogen) atoms. The van der Waals surface area contributed by atoms with Gasteiger partial charge in [-0.05, 0) is 0 Å². The maximum Gasteiger partial charge on any atom is 0.470 e. The van der Waals surface area contributed by atoms with Gasteiger partial charge in [-0.2, -0.15) is 0 Å². The minimum Gasteiger partial charge on any atom is -0.424 e. The number of nitrogens with one attached hydrogen (secondary N) is 2. The highest BCUT2D eigenvalue weighted by atomic mass is 16.3. The van der Waals surface area contributed by atoms with E-state index in [9.17, 15) is 0 Å². The largest absolute Gasteiger partial charge is 0.470 e. The van der Waals surface area contributed by atoms with E-state index in [0.29, 0.717) is 13.1 Å². The second-order valence-corrected chi connectivity index (χ2v) is 1.76. The topological polar surface area (TPSA) is 84.8 Å². The molecule has 5 nitrogen and oxygen atoms in total. The Bertz CT molecular complexity index is 67.5. The monoisotopic (exact) mass is 148 g/mol. The first kappa shape index (κ1) is 9.86. The number of hydrogen-bond donors (Lipinski definition) is 5. The summed E-state index contributed by atoms with van der Waals surface area (Å²) in [6.07, 6.45) is 0. The lowest BCUT2D eigenvalue weighted by Gasteiger charge is -2.06. The van der Waals surface area contributed by atoms with Crippen molar-refractivity contribution in [3.8, 4) is 0 Å². The van der Waals surface area contributed by atoms with Crippen LogP contribution in [-0.4, -0.2) is 48.7 Å². The first-order valence-electron chi connectivity index (χ1n) is 3.18. The van der Waals surface area contributed by atoms with Crippen LogP contribution in [0, 0.1) is 0 Å². The molecule has 0 aliphatic carbocycles. The molecule has 0 radical (unpaired) electrons. The number of hydrogen-bond acceptors (Lipinski definition) is 5. The molecule has 0 heterocycles. The third kappa shape index (κ3) is 5.99. The van der Waals surface area contributed by atoms with Gasteiger partial charge >= 0.3 is 7.19 Å². The molecule has 0 rings (SSSR count). The Balaban J connectivity index is 3.00. The molecule has 0 aromatic carbocycles. The van der Waals surface area contributed by atoms with Crippen LogP contribution >= 0.6 is 0 Å². The van der Waals surface area contributed by atoms with Gasteiger partial charge in [0.15, 0.2) is 0 Å². The predicted molar refractivity (Wildman–Crippen MR) is 38.1 cm³/mol. The van der Waals surface area contributed by atoms with Gasteiger partial charge in [0.2, 0.25) is 0 Å². The van der Waals surface area contributed by atoms with Crippen molar-refractivity contribution < 1.29 is 15.2 Å². The SMILES string of the molecule is OCCNB(O)NCCO. The van der Waals surface area contributed by atoms with Crippen LogP contribution in [0.2, 0.25) is 0 Å². The Labute approximate surface area is 60.2 Å².